The molecule has 25 heavy (non-hydrogen) atoms. The van der Waals surface area contributed by atoms with Crippen LogP contribution in [0.1, 0.15) is 16.8 Å². The zero-order chi connectivity index (χ0) is 17.2. The summed E-state index contributed by atoms with van der Waals surface area (Å²) in [5.41, 5.74) is 3.29. The Balaban J connectivity index is 1.63. The predicted octanol–water partition coefficient (Wildman–Crippen LogP) is 3.04. The molecule has 0 atom stereocenters. The van der Waals surface area contributed by atoms with E-state index in [0.717, 1.165) is 34.9 Å². The number of halogens is 1. The molecule has 1 aliphatic rings. The van der Waals surface area contributed by atoms with E-state index in [1.165, 1.54) is 0 Å². The molecule has 0 spiro atoms. The van der Waals surface area contributed by atoms with Crippen molar-refractivity contribution in [1.29, 1.82) is 0 Å². The summed E-state index contributed by atoms with van der Waals surface area (Å²) in [5, 5.41) is 0.765. The lowest BCUT2D eigenvalue weighted by Gasteiger charge is -2.28. The lowest BCUT2D eigenvalue weighted by molar-refractivity contribution is 0.240. The molecule has 4 rings (SSSR count). The van der Waals surface area contributed by atoms with Gasteiger partial charge in [-0.05, 0) is 30.2 Å². The standard InChI is InChI=1S/C19H17ClN4O/c20-15-6-2-1-5-13(15)11-24-10-8-14-17(12-24)22-18(23-19(14)25)16-7-3-4-9-21-16/h1-7,9H,8,10-12H2,(H,22,23,25). The van der Waals surface area contributed by atoms with Gasteiger partial charge in [0.05, 0.1) is 5.69 Å². The van der Waals surface area contributed by atoms with Crippen molar-refractivity contribution in [3.05, 3.63) is 80.9 Å². The van der Waals surface area contributed by atoms with E-state index in [1.54, 1.807) is 6.20 Å². The third-order valence-corrected chi connectivity index (χ3v) is 4.78. The van der Waals surface area contributed by atoms with Gasteiger partial charge in [0, 0.05) is 36.4 Å². The van der Waals surface area contributed by atoms with Crippen molar-refractivity contribution in [2.45, 2.75) is 19.5 Å². The Labute approximate surface area is 150 Å². The van der Waals surface area contributed by atoms with E-state index < -0.39 is 0 Å². The molecule has 1 aliphatic heterocycles. The number of rotatable bonds is 3. The minimum absolute atomic E-state index is 0.0666. The van der Waals surface area contributed by atoms with Crippen molar-refractivity contribution in [3.63, 3.8) is 0 Å². The van der Waals surface area contributed by atoms with Crippen molar-refractivity contribution in [2.24, 2.45) is 0 Å². The highest BCUT2D eigenvalue weighted by Gasteiger charge is 2.22. The van der Waals surface area contributed by atoms with E-state index in [0.29, 0.717) is 24.5 Å². The maximum Gasteiger partial charge on any atom is 0.254 e. The Kier molecular flexibility index (Phi) is 4.34. The van der Waals surface area contributed by atoms with E-state index in [2.05, 4.69) is 19.9 Å². The van der Waals surface area contributed by atoms with Crippen LogP contribution in [0.4, 0.5) is 0 Å². The Morgan fingerprint density at radius 3 is 2.80 bits per heavy atom. The Hall–Kier alpha value is -2.50. The van der Waals surface area contributed by atoms with Gasteiger partial charge in [-0.2, -0.15) is 0 Å². The van der Waals surface area contributed by atoms with Gasteiger partial charge < -0.3 is 4.98 Å². The molecule has 3 heterocycles. The normalized spacial score (nSPS) is 14.3. The lowest BCUT2D eigenvalue weighted by atomic mass is 10.1. The summed E-state index contributed by atoms with van der Waals surface area (Å²) in [5.74, 6) is 0.518. The number of hydrogen-bond donors (Lipinski definition) is 1. The fourth-order valence-electron chi connectivity index (χ4n) is 3.12. The number of aromatic nitrogens is 3. The highest BCUT2D eigenvalue weighted by molar-refractivity contribution is 6.31. The summed E-state index contributed by atoms with van der Waals surface area (Å²) in [7, 11) is 0. The highest BCUT2D eigenvalue weighted by atomic mass is 35.5. The second kappa shape index (κ2) is 6.78. The van der Waals surface area contributed by atoms with E-state index in [1.807, 2.05) is 42.5 Å². The molecule has 3 aromatic rings. The number of hydrogen-bond acceptors (Lipinski definition) is 4. The minimum atomic E-state index is -0.0666. The quantitative estimate of drug-likeness (QED) is 0.787. The summed E-state index contributed by atoms with van der Waals surface area (Å²) in [6.45, 7) is 2.18. The van der Waals surface area contributed by atoms with Crippen LogP contribution in [-0.2, 0) is 19.5 Å². The molecule has 2 aromatic heterocycles. The van der Waals surface area contributed by atoms with Gasteiger partial charge in [0.25, 0.3) is 5.56 Å². The number of nitrogens with zero attached hydrogens (tertiary/aromatic N) is 3. The number of nitrogens with one attached hydrogen (secondary N) is 1. The summed E-state index contributed by atoms with van der Waals surface area (Å²) in [6, 6.07) is 13.4. The summed E-state index contributed by atoms with van der Waals surface area (Å²) < 4.78 is 0. The van der Waals surface area contributed by atoms with E-state index in [-0.39, 0.29) is 5.56 Å². The molecule has 0 aliphatic carbocycles. The fourth-order valence-corrected chi connectivity index (χ4v) is 3.32. The number of H-pyrrole nitrogens is 1. The second-order valence-corrected chi connectivity index (χ2v) is 6.51. The summed E-state index contributed by atoms with van der Waals surface area (Å²) in [4.78, 5) is 26.5. The molecule has 0 saturated carbocycles. The number of aromatic amines is 1. The average Bonchev–Trinajstić information content (AvgIpc) is 2.64. The maximum absolute atomic E-state index is 12.4. The smallest absolute Gasteiger partial charge is 0.254 e. The fraction of sp³-hybridized carbons (Fsp3) is 0.211. The van der Waals surface area contributed by atoms with E-state index in [4.69, 9.17) is 11.6 Å². The van der Waals surface area contributed by atoms with Gasteiger partial charge >= 0.3 is 0 Å². The molecule has 5 nitrogen and oxygen atoms in total. The molecule has 0 amide bonds. The van der Waals surface area contributed by atoms with Crippen LogP contribution < -0.4 is 5.56 Å². The van der Waals surface area contributed by atoms with Crippen LogP contribution in [0.3, 0.4) is 0 Å². The monoisotopic (exact) mass is 352 g/mol. The third-order valence-electron chi connectivity index (χ3n) is 4.41. The third kappa shape index (κ3) is 3.34. The molecule has 0 fully saturated rings. The van der Waals surface area contributed by atoms with Gasteiger partial charge in [-0.25, -0.2) is 4.98 Å². The topological polar surface area (TPSA) is 61.9 Å². The van der Waals surface area contributed by atoms with Gasteiger partial charge in [-0.3, -0.25) is 14.7 Å². The van der Waals surface area contributed by atoms with Crippen LogP contribution in [0, 0.1) is 0 Å². The largest absolute Gasteiger partial charge is 0.305 e. The average molecular weight is 353 g/mol. The number of pyridine rings is 1. The zero-order valence-electron chi connectivity index (χ0n) is 13.6. The summed E-state index contributed by atoms with van der Waals surface area (Å²) in [6.07, 6.45) is 2.38. The SMILES string of the molecule is O=c1[nH]c(-c2ccccn2)nc2c1CCN(Cc1ccccc1Cl)C2. The van der Waals surface area contributed by atoms with E-state index in [9.17, 15) is 4.79 Å². The summed E-state index contributed by atoms with van der Waals surface area (Å²) >= 11 is 6.27. The van der Waals surface area contributed by atoms with Crippen molar-refractivity contribution in [2.75, 3.05) is 6.54 Å². The maximum atomic E-state index is 12.4. The van der Waals surface area contributed by atoms with Crippen molar-refractivity contribution in [1.82, 2.24) is 19.9 Å². The van der Waals surface area contributed by atoms with Gasteiger partial charge in [-0.1, -0.05) is 35.9 Å². The minimum Gasteiger partial charge on any atom is -0.305 e. The van der Waals surface area contributed by atoms with Crippen LogP contribution in [-0.4, -0.2) is 26.4 Å². The predicted molar refractivity (Wildman–Crippen MR) is 97.4 cm³/mol. The Bertz CT molecular complexity index is 955. The van der Waals surface area contributed by atoms with Crippen LogP contribution in [0.5, 0.6) is 0 Å². The second-order valence-electron chi connectivity index (χ2n) is 6.11. The number of fused-ring (bicyclic) bond motifs is 1. The van der Waals surface area contributed by atoms with Crippen LogP contribution in [0.15, 0.2) is 53.5 Å². The molecule has 0 saturated heterocycles. The zero-order valence-corrected chi connectivity index (χ0v) is 14.3. The first-order chi connectivity index (χ1) is 12.2. The van der Waals surface area contributed by atoms with Gasteiger partial charge in [0.2, 0.25) is 0 Å². The van der Waals surface area contributed by atoms with Crippen molar-refractivity contribution < 1.29 is 0 Å². The molecule has 0 unspecified atom stereocenters. The first kappa shape index (κ1) is 16.0. The highest BCUT2D eigenvalue weighted by Crippen LogP contribution is 2.22. The molecule has 6 heteroatoms. The first-order valence-corrected chi connectivity index (χ1v) is 8.58. The Morgan fingerprint density at radius 2 is 2.00 bits per heavy atom. The van der Waals surface area contributed by atoms with Gasteiger partial charge in [0.15, 0.2) is 5.82 Å². The van der Waals surface area contributed by atoms with Crippen LogP contribution in [0.25, 0.3) is 11.5 Å². The molecule has 1 N–H and O–H groups in total. The molecule has 0 bridgehead atoms. The van der Waals surface area contributed by atoms with E-state index >= 15 is 0 Å². The molecular formula is C19H17ClN4O. The molecule has 1 aromatic carbocycles. The molecular weight excluding hydrogens is 336 g/mol. The van der Waals surface area contributed by atoms with Crippen molar-refractivity contribution in [3.8, 4) is 11.5 Å². The van der Waals surface area contributed by atoms with Crippen LogP contribution >= 0.6 is 11.6 Å². The molecule has 126 valence electrons. The number of benzene rings is 1. The van der Waals surface area contributed by atoms with Gasteiger partial charge in [0.1, 0.15) is 5.69 Å². The lowest BCUT2D eigenvalue weighted by Crippen LogP contribution is -2.35. The molecule has 0 radical (unpaired) electrons. The van der Waals surface area contributed by atoms with Crippen LogP contribution in [0.2, 0.25) is 5.02 Å². The van der Waals surface area contributed by atoms with Crippen molar-refractivity contribution >= 4 is 11.6 Å². The Morgan fingerprint density at radius 1 is 1.16 bits per heavy atom. The van der Waals surface area contributed by atoms with Gasteiger partial charge in [-0.15, -0.1) is 0 Å². The first-order valence-electron chi connectivity index (χ1n) is 8.20.